The standard InChI is InChI=1S/C45H91NO4S/c1-4-6-8-10-12-14-16-18-20-22-23-25-27-29-31-33-35-37-44(43-46-45(47)50-41-40-49-39-38-48-3)51-42-36-34-32-30-28-26-24-21-19-17-15-13-11-9-7-5-2/h44H,4-43H2,1-3H3,(H,46,47). The van der Waals surface area contributed by atoms with Gasteiger partial charge in [0.1, 0.15) is 6.61 Å². The summed E-state index contributed by atoms with van der Waals surface area (Å²) in [5.74, 6) is 1.20. The molecule has 0 heterocycles. The minimum absolute atomic E-state index is 0.283. The van der Waals surface area contributed by atoms with E-state index < -0.39 is 0 Å². The number of carbonyl (C=O) groups is 1. The average Bonchev–Trinajstić information content (AvgIpc) is 3.14. The zero-order valence-corrected chi connectivity index (χ0v) is 35.7. The highest BCUT2D eigenvalue weighted by Crippen LogP contribution is 2.21. The van der Waals surface area contributed by atoms with Gasteiger partial charge in [0.15, 0.2) is 0 Å². The first kappa shape index (κ1) is 50.5. The van der Waals surface area contributed by atoms with Crippen molar-refractivity contribution in [2.24, 2.45) is 0 Å². The Bertz CT molecular complexity index is 614. The molecule has 0 aliphatic carbocycles. The van der Waals surface area contributed by atoms with Gasteiger partial charge in [0.05, 0.1) is 19.8 Å². The summed E-state index contributed by atoms with van der Waals surface area (Å²) in [7, 11) is 1.66. The number of nitrogens with one attached hydrogen (secondary N) is 1. The van der Waals surface area contributed by atoms with Crippen LogP contribution in [0.2, 0.25) is 0 Å². The van der Waals surface area contributed by atoms with Gasteiger partial charge in [-0.2, -0.15) is 11.8 Å². The Kier molecular flexibility index (Phi) is 45.3. The van der Waals surface area contributed by atoms with Crippen LogP contribution >= 0.6 is 11.8 Å². The second-order valence-electron chi connectivity index (χ2n) is 15.4. The number of methoxy groups -OCH3 is 1. The van der Waals surface area contributed by atoms with Crippen LogP contribution < -0.4 is 5.32 Å². The Morgan fingerprint density at radius 3 is 1.22 bits per heavy atom. The number of unbranched alkanes of at least 4 members (excludes halogenated alkanes) is 31. The Morgan fingerprint density at radius 2 is 0.824 bits per heavy atom. The lowest BCUT2D eigenvalue weighted by molar-refractivity contribution is 0.0421. The molecule has 0 bridgehead atoms. The van der Waals surface area contributed by atoms with E-state index in [4.69, 9.17) is 14.2 Å². The van der Waals surface area contributed by atoms with Crippen molar-refractivity contribution in [1.82, 2.24) is 5.32 Å². The molecule has 0 aromatic heterocycles. The molecule has 0 aromatic carbocycles. The predicted octanol–water partition coefficient (Wildman–Crippen LogP) is 14.8. The van der Waals surface area contributed by atoms with Crippen molar-refractivity contribution >= 4 is 17.9 Å². The van der Waals surface area contributed by atoms with Gasteiger partial charge in [-0.25, -0.2) is 4.79 Å². The normalized spacial score (nSPS) is 12.1. The molecule has 51 heavy (non-hydrogen) atoms. The monoisotopic (exact) mass is 742 g/mol. The first-order chi connectivity index (χ1) is 25.2. The Labute approximate surface area is 324 Å². The number of hydrogen-bond acceptors (Lipinski definition) is 5. The summed E-state index contributed by atoms with van der Waals surface area (Å²) in [6.45, 7) is 7.08. The quantitative estimate of drug-likeness (QED) is 0.0630. The zero-order valence-electron chi connectivity index (χ0n) is 34.9. The van der Waals surface area contributed by atoms with Crippen LogP contribution in [0.4, 0.5) is 4.79 Å². The minimum atomic E-state index is -0.319. The lowest BCUT2D eigenvalue weighted by atomic mass is 10.0. The van der Waals surface area contributed by atoms with E-state index in [-0.39, 0.29) is 12.7 Å². The first-order valence-corrected chi connectivity index (χ1v) is 23.9. The summed E-state index contributed by atoms with van der Waals surface area (Å²) in [5, 5.41) is 3.51. The average molecular weight is 742 g/mol. The Hall–Kier alpha value is -0.460. The molecule has 0 saturated carbocycles. The molecular weight excluding hydrogens is 651 g/mol. The highest BCUT2D eigenvalue weighted by atomic mass is 32.2. The van der Waals surface area contributed by atoms with Crippen LogP contribution in [0.25, 0.3) is 0 Å². The lowest BCUT2D eigenvalue weighted by Crippen LogP contribution is -2.32. The fourth-order valence-corrected chi connectivity index (χ4v) is 8.17. The van der Waals surface area contributed by atoms with Gasteiger partial charge in [-0.15, -0.1) is 0 Å². The van der Waals surface area contributed by atoms with Gasteiger partial charge in [-0.1, -0.05) is 219 Å². The summed E-state index contributed by atoms with van der Waals surface area (Å²) in [4.78, 5) is 12.3. The molecule has 0 aliphatic heterocycles. The third kappa shape index (κ3) is 43.8. The van der Waals surface area contributed by atoms with Crippen LogP contribution in [0.1, 0.15) is 232 Å². The number of thioether (sulfide) groups is 1. The molecule has 1 N–H and O–H groups in total. The van der Waals surface area contributed by atoms with Crippen molar-refractivity contribution in [2.75, 3.05) is 45.8 Å². The highest BCUT2D eigenvalue weighted by molar-refractivity contribution is 7.99. The maximum atomic E-state index is 12.3. The van der Waals surface area contributed by atoms with E-state index in [9.17, 15) is 4.79 Å². The minimum Gasteiger partial charge on any atom is -0.447 e. The molecule has 1 unspecified atom stereocenters. The van der Waals surface area contributed by atoms with Crippen molar-refractivity contribution < 1.29 is 19.0 Å². The second-order valence-corrected chi connectivity index (χ2v) is 16.8. The summed E-state index contributed by atoms with van der Waals surface area (Å²) < 4.78 is 15.7. The van der Waals surface area contributed by atoms with Crippen LogP contribution in [0.5, 0.6) is 0 Å². The number of alkyl carbamates (subject to hydrolysis) is 1. The third-order valence-corrected chi connectivity index (χ3v) is 11.7. The van der Waals surface area contributed by atoms with E-state index in [0.717, 1.165) is 0 Å². The summed E-state index contributed by atoms with van der Waals surface area (Å²) >= 11 is 2.07. The van der Waals surface area contributed by atoms with Gasteiger partial charge in [-0.05, 0) is 18.6 Å². The fraction of sp³-hybridized carbons (Fsp3) is 0.978. The lowest BCUT2D eigenvalue weighted by Gasteiger charge is -2.17. The topological polar surface area (TPSA) is 56.8 Å². The Balaban J connectivity index is 3.94. The maximum Gasteiger partial charge on any atom is 0.407 e. The maximum absolute atomic E-state index is 12.3. The van der Waals surface area contributed by atoms with Crippen LogP contribution in [0.3, 0.4) is 0 Å². The molecule has 1 amide bonds. The van der Waals surface area contributed by atoms with E-state index in [2.05, 4.69) is 30.9 Å². The van der Waals surface area contributed by atoms with Crippen LogP contribution in [0, 0.1) is 0 Å². The van der Waals surface area contributed by atoms with Gasteiger partial charge in [0.25, 0.3) is 0 Å². The van der Waals surface area contributed by atoms with Crippen molar-refractivity contribution in [2.45, 2.75) is 237 Å². The number of ether oxygens (including phenoxy) is 3. The molecule has 6 heteroatoms. The Morgan fingerprint density at radius 1 is 0.471 bits per heavy atom. The molecule has 0 spiro atoms. The molecular formula is C45H91NO4S. The molecule has 0 rings (SSSR count). The van der Waals surface area contributed by atoms with Gasteiger partial charge in [0, 0.05) is 18.9 Å². The van der Waals surface area contributed by atoms with Gasteiger partial charge in [0.2, 0.25) is 0 Å². The first-order valence-electron chi connectivity index (χ1n) is 22.8. The van der Waals surface area contributed by atoms with Crippen molar-refractivity contribution in [3.8, 4) is 0 Å². The molecule has 306 valence electrons. The smallest absolute Gasteiger partial charge is 0.407 e. The fourth-order valence-electron chi connectivity index (χ4n) is 6.93. The van der Waals surface area contributed by atoms with Gasteiger partial charge in [-0.3, -0.25) is 0 Å². The van der Waals surface area contributed by atoms with E-state index in [1.165, 1.54) is 224 Å². The molecule has 0 aliphatic rings. The van der Waals surface area contributed by atoms with Crippen molar-refractivity contribution in [3.05, 3.63) is 0 Å². The number of amides is 1. The number of rotatable bonds is 44. The summed E-state index contributed by atoms with van der Waals surface area (Å²) in [5.41, 5.74) is 0. The largest absolute Gasteiger partial charge is 0.447 e. The van der Waals surface area contributed by atoms with Gasteiger partial charge < -0.3 is 19.5 Å². The molecule has 0 saturated heterocycles. The molecule has 0 aromatic rings. The van der Waals surface area contributed by atoms with Gasteiger partial charge >= 0.3 is 6.09 Å². The van der Waals surface area contributed by atoms with Crippen molar-refractivity contribution in [3.63, 3.8) is 0 Å². The number of carbonyl (C=O) groups excluding carboxylic acids is 1. The molecule has 5 nitrogen and oxygen atoms in total. The zero-order chi connectivity index (χ0) is 37.0. The van der Waals surface area contributed by atoms with Crippen LogP contribution in [0.15, 0.2) is 0 Å². The SMILES string of the molecule is CCCCCCCCCCCCCCCCCCCC(CNC(=O)OCCOCCOC)SCCCCCCCCCCCCCCCCCC. The van der Waals surface area contributed by atoms with Crippen LogP contribution in [-0.4, -0.2) is 57.2 Å². The summed E-state index contributed by atoms with van der Waals surface area (Å²) in [6, 6.07) is 0. The predicted molar refractivity (Wildman–Crippen MR) is 227 cm³/mol. The third-order valence-electron chi connectivity index (χ3n) is 10.3. The number of hydrogen-bond donors (Lipinski definition) is 1. The second kappa shape index (κ2) is 45.7. The van der Waals surface area contributed by atoms with Crippen LogP contribution in [-0.2, 0) is 14.2 Å². The summed E-state index contributed by atoms with van der Waals surface area (Å²) in [6.07, 6.45) is 47.3. The van der Waals surface area contributed by atoms with E-state index in [1.54, 1.807) is 7.11 Å². The van der Waals surface area contributed by atoms with E-state index in [1.807, 2.05) is 0 Å². The van der Waals surface area contributed by atoms with Crippen molar-refractivity contribution in [1.29, 1.82) is 0 Å². The highest BCUT2D eigenvalue weighted by Gasteiger charge is 2.12. The van der Waals surface area contributed by atoms with E-state index >= 15 is 0 Å². The molecule has 0 radical (unpaired) electrons. The molecule has 0 fully saturated rings. The molecule has 1 atom stereocenters. The van der Waals surface area contributed by atoms with E-state index in [0.29, 0.717) is 31.6 Å².